The largest absolute Gasteiger partial charge is 0.481 e. The molecule has 10 heavy (non-hydrogen) atoms. The molecule has 0 aromatic carbocycles. The molecular weight excluding hydrogens is 130 g/mol. The maximum absolute atomic E-state index is 10.4. The standard InChI is InChI=1S/C7H13NO2/c1-4(7(9)10)6(8)5-2-3-5/h4-6H,2-3,8H2,1H3,(H,9,10). The molecule has 0 bridgehead atoms. The summed E-state index contributed by atoms with van der Waals surface area (Å²) in [5, 5.41) is 8.55. The molecule has 3 heteroatoms. The van der Waals surface area contributed by atoms with E-state index < -0.39 is 5.97 Å². The van der Waals surface area contributed by atoms with Gasteiger partial charge in [0.05, 0.1) is 5.92 Å². The molecule has 1 rings (SSSR count). The first-order valence-electron chi connectivity index (χ1n) is 3.61. The maximum atomic E-state index is 10.4. The highest BCUT2D eigenvalue weighted by molar-refractivity contribution is 5.70. The number of rotatable bonds is 3. The van der Waals surface area contributed by atoms with Crippen LogP contribution in [0.1, 0.15) is 19.8 Å². The van der Waals surface area contributed by atoms with Crippen LogP contribution in [0.25, 0.3) is 0 Å². The number of nitrogens with two attached hydrogens (primary N) is 1. The summed E-state index contributed by atoms with van der Waals surface area (Å²) in [6.45, 7) is 1.67. The fourth-order valence-electron chi connectivity index (χ4n) is 1.05. The van der Waals surface area contributed by atoms with E-state index in [0.29, 0.717) is 5.92 Å². The van der Waals surface area contributed by atoms with Gasteiger partial charge >= 0.3 is 5.97 Å². The molecule has 0 saturated heterocycles. The Morgan fingerprint density at radius 2 is 2.20 bits per heavy atom. The number of carboxylic acid groups (broad SMARTS) is 1. The summed E-state index contributed by atoms with van der Waals surface area (Å²) in [7, 11) is 0. The zero-order chi connectivity index (χ0) is 7.72. The monoisotopic (exact) mass is 143 g/mol. The molecule has 3 nitrogen and oxygen atoms in total. The summed E-state index contributed by atoms with van der Waals surface area (Å²) in [5.74, 6) is -0.682. The van der Waals surface area contributed by atoms with E-state index in [9.17, 15) is 4.79 Å². The molecule has 0 aromatic heterocycles. The van der Waals surface area contributed by atoms with E-state index in [2.05, 4.69) is 0 Å². The molecular formula is C7H13NO2. The highest BCUT2D eigenvalue weighted by Gasteiger charge is 2.34. The average Bonchev–Trinajstić information content (AvgIpc) is 2.65. The lowest BCUT2D eigenvalue weighted by atomic mass is 9.99. The van der Waals surface area contributed by atoms with Gasteiger partial charge in [-0.05, 0) is 18.8 Å². The van der Waals surface area contributed by atoms with Gasteiger partial charge in [-0.2, -0.15) is 0 Å². The molecule has 2 unspecified atom stereocenters. The highest BCUT2D eigenvalue weighted by atomic mass is 16.4. The van der Waals surface area contributed by atoms with E-state index in [0.717, 1.165) is 12.8 Å². The predicted octanol–water partition coefficient (Wildman–Crippen LogP) is 0.444. The molecule has 1 aliphatic rings. The topological polar surface area (TPSA) is 63.3 Å². The summed E-state index contributed by atoms with van der Waals surface area (Å²) >= 11 is 0. The van der Waals surface area contributed by atoms with Gasteiger partial charge in [0, 0.05) is 6.04 Å². The Labute approximate surface area is 60.2 Å². The molecule has 2 atom stereocenters. The quantitative estimate of drug-likeness (QED) is 0.602. The predicted molar refractivity (Wildman–Crippen MR) is 37.5 cm³/mol. The van der Waals surface area contributed by atoms with Crippen molar-refractivity contribution in [2.24, 2.45) is 17.6 Å². The second-order valence-electron chi connectivity index (χ2n) is 3.04. The minimum absolute atomic E-state index is 0.127. The second kappa shape index (κ2) is 2.58. The lowest BCUT2D eigenvalue weighted by Gasteiger charge is -2.13. The van der Waals surface area contributed by atoms with Crippen LogP contribution in [0.2, 0.25) is 0 Å². The van der Waals surface area contributed by atoms with Crippen molar-refractivity contribution in [3.63, 3.8) is 0 Å². The van der Waals surface area contributed by atoms with Gasteiger partial charge in [-0.3, -0.25) is 4.79 Å². The number of carbonyl (C=O) groups is 1. The first-order valence-corrected chi connectivity index (χ1v) is 3.61. The Morgan fingerprint density at radius 1 is 1.70 bits per heavy atom. The molecule has 0 heterocycles. The second-order valence-corrected chi connectivity index (χ2v) is 3.04. The molecule has 58 valence electrons. The first-order chi connectivity index (χ1) is 4.63. The molecule has 1 fully saturated rings. The molecule has 0 amide bonds. The number of aliphatic carboxylic acids is 1. The van der Waals surface area contributed by atoms with Crippen molar-refractivity contribution in [1.82, 2.24) is 0 Å². The summed E-state index contributed by atoms with van der Waals surface area (Å²) in [5.41, 5.74) is 5.64. The summed E-state index contributed by atoms with van der Waals surface area (Å²) < 4.78 is 0. The molecule has 0 aliphatic heterocycles. The Kier molecular flexibility index (Phi) is 1.94. The van der Waals surface area contributed by atoms with Gasteiger partial charge in [0.25, 0.3) is 0 Å². The Morgan fingerprint density at radius 3 is 2.50 bits per heavy atom. The van der Waals surface area contributed by atoms with Crippen LogP contribution in [-0.2, 0) is 4.79 Å². The lowest BCUT2D eigenvalue weighted by Crippen LogP contribution is -2.35. The van der Waals surface area contributed by atoms with E-state index in [1.807, 2.05) is 0 Å². The molecule has 1 saturated carbocycles. The van der Waals surface area contributed by atoms with E-state index in [1.54, 1.807) is 6.92 Å². The van der Waals surface area contributed by atoms with Crippen LogP contribution < -0.4 is 5.73 Å². The van der Waals surface area contributed by atoms with Crippen molar-refractivity contribution in [1.29, 1.82) is 0 Å². The van der Waals surface area contributed by atoms with Gasteiger partial charge < -0.3 is 10.8 Å². The van der Waals surface area contributed by atoms with Crippen LogP contribution in [0.5, 0.6) is 0 Å². The number of hydrogen-bond acceptors (Lipinski definition) is 2. The van der Waals surface area contributed by atoms with Crippen molar-refractivity contribution in [2.75, 3.05) is 0 Å². The van der Waals surface area contributed by atoms with E-state index in [1.165, 1.54) is 0 Å². The molecule has 0 aromatic rings. The van der Waals surface area contributed by atoms with Crippen molar-refractivity contribution >= 4 is 5.97 Å². The molecule has 1 aliphatic carbocycles. The summed E-state index contributed by atoms with van der Waals surface area (Å²) in [6, 6.07) is -0.127. The fourth-order valence-corrected chi connectivity index (χ4v) is 1.05. The van der Waals surface area contributed by atoms with Crippen LogP contribution in [0.4, 0.5) is 0 Å². The lowest BCUT2D eigenvalue weighted by molar-refractivity contribution is -0.141. The minimum atomic E-state index is -0.778. The number of carboxylic acids is 1. The van der Waals surface area contributed by atoms with Crippen LogP contribution in [0.15, 0.2) is 0 Å². The smallest absolute Gasteiger partial charge is 0.307 e. The molecule has 3 N–H and O–H groups in total. The Bertz CT molecular complexity index is 143. The van der Waals surface area contributed by atoms with Crippen molar-refractivity contribution in [2.45, 2.75) is 25.8 Å². The van der Waals surface area contributed by atoms with E-state index in [-0.39, 0.29) is 12.0 Å². The van der Waals surface area contributed by atoms with Crippen LogP contribution in [-0.4, -0.2) is 17.1 Å². The van der Waals surface area contributed by atoms with Gasteiger partial charge in [-0.1, -0.05) is 6.92 Å². The Balaban J connectivity index is 2.38. The normalized spacial score (nSPS) is 23.8. The van der Waals surface area contributed by atoms with Crippen LogP contribution in [0.3, 0.4) is 0 Å². The maximum Gasteiger partial charge on any atom is 0.307 e. The molecule has 0 spiro atoms. The summed E-state index contributed by atoms with van der Waals surface area (Å²) in [4.78, 5) is 10.4. The summed E-state index contributed by atoms with van der Waals surface area (Å²) in [6.07, 6.45) is 2.22. The zero-order valence-electron chi connectivity index (χ0n) is 6.08. The van der Waals surface area contributed by atoms with Gasteiger partial charge in [-0.15, -0.1) is 0 Å². The minimum Gasteiger partial charge on any atom is -0.481 e. The fraction of sp³-hybridized carbons (Fsp3) is 0.857. The first kappa shape index (κ1) is 7.54. The third-order valence-corrected chi connectivity index (χ3v) is 2.13. The zero-order valence-corrected chi connectivity index (χ0v) is 6.08. The van der Waals surface area contributed by atoms with E-state index >= 15 is 0 Å². The van der Waals surface area contributed by atoms with Gasteiger partial charge in [0.2, 0.25) is 0 Å². The highest BCUT2D eigenvalue weighted by Crippen LogP contribution is 2.34. The van der Waals surface area contributed by atoms with Gasteiger partial charge in [0.1, 0.15) is 0 Å². The van der Waals surface area contributed by atoms with Crippen LogP contribution in [0, 0.1) is 11.8 Å². The Hall–Kier alpha value is -0.570. The van der Waals surface area contributed by atoms with Gasteiger partial charge in [-0.25, -0.2) is 0 Å². The average molecular weight is 143 g/mol. The molecule has 0 radical (unpaired) electrons. The van der Waals surface area contributed by atoms with Gasteiger partial charge in [0.15, 0.2) is 0 Å². The third kappa shape index (κ3) is 1.48. The number of hydrogen-bond donors (Lipinski definition) is 2. The van der Waals surface area contributed by atoms with Crippen molar-refractivity contribution < 1.29 is 9.90 Å². The van der Waals surface area contributed by atoms with E-state index in [4.69, 9.17) is 10.8 Å². The van der Waals surface area contributed by atoms with Crippen molar-refractivity contribution in [3.8, 4) is 0 Å². The van der Waals surface area contributed by atoms with Crippen molar-refractivity contribution in [3.05, 3.63) is 0 Å². The van der Waals surface area contributed by atoms with Crippen LogP contribution >= 0.6 is 0 Å². The SMILES string of the molecule is CC(C(=O)O)C(N)C1CC1. The third-order valence-electron chi connectivity index (χ3n) is 2.13.